The van der Waals surface area contributed by atoms with E-state index in [1.54, 1.807) is 12.4 Å². The van der Waals surface area contributed by atoms with E-state index in [2.05, 4.69) is 15.3 Å². The summed E-state index contributed by atoms with van der Waals surface area (Å²) in [6.45, 7) is 1.15. The lowest BCUT2D eigenvalue weighted by atomic mass is 9.92. The van der Waals surface area contributed by atoms with Gasteiger partial charge in [0.2, 0.25) is 5.91 Å². The lowest BCUT2D eigenvalue weighted by Gasteiger charge is -2.40. The number of piperidine rings is 1. The molecule has 1 aliphatic heterocycles. The molecule has 2 aromatic rings. The van der Waals surface area contributed by atoms with Gasteiger partial charge in [-0.2, -0.15) is 0 Å². The largest absolute Gasteiger partial charge is 0.478 e. The number of carbonyl (C=O) groups excluding carboxylic acids is 1. The van der Waals surface area contributed by atoms with Crippen molar-refractivity contribution >= 4 is 28.6 Å². The van der Waals surface area contributed by atoms with Crippen LogP contribution in [0.3, 0.4) is 0 Å². The Hall–Kier alpha value is -3.00. The highest BCUT2D eigenvalue weighted by molar-refractivity contribution is 5.93. The molecule has 0 aliphatic carbocycles. The lowest BCUT2D eigenvalue weighted by molar-refractivity contribution is -0.131. The molecular formula is C18H20N4O4. The summed E-state index contributed by atoms with van der Waals surface area (Å²) >= 11 is 0. The second kappa shape index (κ2) is 7.49. The molecule has 3 rings (SSSR count). The van der Waals surface area contributed by atoms with Gasteiger partial charge in [0.25, 0.3) is 0 Å². The number of amides is 1. The number of nitrogens with zero attached hydrogens (tertiary/aromatic N) is 3. The number of hydrogen-bond acceptors (Lipinski definition) is 6. The van der Waals surface area contributed by atoms with E-state index in [0.717, 1.165) is 41.8 Å². The van der Waals surface area contributed by atoms with Crippen LogP contribution < -0.4 is 10.2 Å². The number of pyridine rings is 2. The van der Waals surface area contributed by atoms with Gasteiger partial charge in [-0.05, 0) is 31.0 Å². The van der Waals surface area contributed by atoms with Gasteiger partial charge in [-0.25, -0.2) is 4.79 Å². The van der Waals surface area contributed by atoms with Gasteiger partial charge in [-0.1, -0.05) is 0 Å². The minimum atomic E-state index is -1.19. The van der Waals surface area contributed by atoms with Crippen LogP contribution in [0.2, 0.25) is 0 Å². The summed E-state index contributed by atoms with van der Waals surface area (Å²) in [6.07, 6.45) is 6.43. The van der Waals surface area contributed by atoms with Crippen molar-refractivity contribution in [2.24, 2.45) is 0 Å². The molecule has 8 heteroatoms. The number of fused-ring (bicyclic) bond motifs is 1. The van der Waals surface area contributed by atoms with Gasteiger partial charge < -0.3 is 20.4 Å². The molecule has 1 amide bonds. The van der Waals surface area contributed by atoms with Gasteiger partial charge in [0.05, 0.1) is 16.8 Å². The number of carboxylic acids is 1. The van der Waals surface area contributed by atoms with Crippen LogP contribution in [-0.2, 0) is 9.59 Å². The smallest absolute Gasteiger partial charge is 0.328 e. The summed E-state index contributed by atoms with van der Waals surface area (Å²) in [5.74, 6) is -1.74. The van der Waals surface area contributed by atoms with Crippen LogP contribution in [0.4, 0.5) is 5.69 Å². The van der Waals surface area contributed by atoms with Gasteiger partial charge in [-0.15, -0.1) is 0 Å². The highest BCUT2D eigenvalue weighted by Crippen LogP contribution is 2.29. The molecule has 8 nitrogen and oxygen atoms in total. The zero-order valence-electron chi connectivity index (χ0n) is 14.1. The molecule has 136 valence electrons. The number of hydrogen-bond donors (Lipinski definition) is 3. The Morgan fingerprint density at radius 2 is 2.12 bits per heavy atom. The molecule has 0 radical (unpaired) electrons. The van der Waals surface area contributed by atoms with E-state index in [-0.39, 0.29) is 6.54 Å². The summed E-state index contributed by atoms with van der Waals surface area (Å²) in [5, 5.41) is 22.0. The lowest BCUT2D eigenvalue weighted by Crippen LogP contribution is -2.54. The number of aliphatic carboxylic acids is 1. The molecule has 2 aromatic heterocycles. The van der Waals surface area contributed by atoms with E-state index in [9.17, 15) is 14.7 Å². The predicted molar refractivity (Wildman–Crippen MR) is 95.7 cm³/mol. The maximum absolute atomic E-state index is 11.7. The summed E-state index contributed by atoms with van der Waals surface area (Å²) in [7, 11) is 0. The van der Waals surface area contributed by atoms with Crippen LogP contribution in [-0.4, -0.2) is 57.3 Å². The fourth-order valence-electron chi connectivity index (χ4n) is 3.14. The summed E-state index contributed by atoms with van der Waals surface area (Å²) < 4.78 is 0. The third-order valence-electron chi connectivity index (χ3n) is 4.34. The van der Waals surface area contributed by atoms with Crippen molar-refractivity contribution in [2.75, 3.05) is 24.5 Å². The Morgan fingerprint density at radius 3 is 2.92 bits per heavy atom. The fourth-order valence-corrected chi connectivity index (χ4v) is 3.14. The maximum Gasteiger partial charge on any atom is 0.328 e. The molecule has 3 N–H and O–H groups in total. The summed E-state index contributed by atoms with van der Waals surface area (Å²) in [5.41, 5.74) is 1.35. The molecule has 26 heavy (non-hydrogen) atoms. The molecule has 0 spiro atoms. The number of aromatic nitrogens is 2. The van der Waals surface area contributed by atoms with Crippen molar-refractivity contribution < 1.29 is 19.8 Å². The third kappa shape index (κ3) is 4.15. The van der Waals surface area contributed by atoms with Gasteiger partial charge in [-0.3, -0.25) is 14.8 Å². The average molecular weight is 356 g/mol. The van der Waals surface area contributed by atoms with Gasteiger partial charge in [0, 0.05) is 44.2 Å². The quantitative estimate of drug-likeness (QED) is 0.676. The number of anilines is 1. The van der Waals surface area contributed by atoms with E-state index in [1.165, 1.54) is 0 Å². The van der Waals surface area contributed by atoms with Crippen LogP contribution in [0, 0.1) is 0 Å². The molecule has 1 fully saturated rings. The second-order valence-corrected chi connectivity index (χ2v) is 6.34. The Labute approximate surface area is 150 Å². The van der Waals surface area contributed by atoms with E-state index in [4.69, 9.17) is 5.11 Å². The monoisotopic (exact) mass is 356 g/mol. The molecule has 0 aromatic carbocycles. The van der Waals surface area contributed by atoms with Crippen molar-refractivity contribution in [1.82, 2.24) is 15.3 Å². The minimum Gasteiger partial charge on any atom is -0.478 e. The average Bonchev–Trinajstić information content (AvgIpc) is 2.64. The fraction of sp³-hybridized carbons (Fsp3) is 0.333. The Kier molecular flexibility index (Phi) is 5.13. The molecule has 1 aliphatic rings. The summed E-state index contributed by atoms with van der Waals surface area (Å²) in [4.78, 5) is 32.8. The Balaban J connectivity index is 1.72. The highest BCUT2D eigenvalue weighted by atomic mass is 16.4. The molecule has 0 saturated carbocycles. The van der Waals surface area contributed by atoms with E-state index < -0.39 is 17.5 Å². The number of β-amino-alcohol motifs (C(OH)–C–C–N with tert-alkyl or cyclic N) is 1. The number of carbonyl (C=O) groups is 2. The molecule has 1 saturated heterocycles. The maximum atomic E-state index is 11.7. The minimum absolute atomic E-state index is 0.0444. The van der Waals surface area contributed by atoms with Crippen LogP contribution in [0.15, 0.2) is 42.7 Å². The van der Waals surface area contributed by atoms with Crippen LogP contribution >= 0.6 is 0 Å². The standard InChI is InChI=1S/C18H20N4O4/c23-15(4-5-16(24)25)21-11-18(26)7-2-10-22(12-18)14-6-9-19-13-3-1-8-20-17(13)14/h1,3-6,8-9,26H,2,7,10-12H2,(H,21,23)(H,24,25)/b5-4+/t18-/m0/s1. The number of aliphatic hydroxyl groups is 1. The zero-order valence-corrected chi connectivity index (χ0v) is 14.1. The van der Waals surface area contributed by atoms with Crippen molar-refractivity contribution in [3.8, 4) is 0 Å². The van der Waals surface area contributed by atoms with E-state index in [0.29, 0.717) is 13.0 Å². The number of carboxylic acid groups (broad SMARTS) is 1. The first-order valence-electron chi connectivity index (χ1n) is 8.33. The zero-order chi connectivity index (χ0) is 18.6. The third-order valence-corrected chi connectivity index (χ3v) is 4.34. The predicted octanol–water partition coefficient (Wildman–Crippen LogP) is 0.718. The molecular weight excluding hydrogens is 336 g/mol. The van der Waals surface area contributed by atoms with Gasteiger partial charge in [0.15, 0.2) is 0 Å². The van der Waals surface area contributed by atoms with E-state index in [1.807, 2.05) is 23.1 Å². The van der Waals surface area contributed by atoms with Crippen LogP contribution in [0.5, 0.6) is 0 Å². The molecule has 3 heterocycles. The van der Waals surface area contributed by atoms with E-state index >= 15 is 0 Å². The SMILES string of the molecule is O=C(O)/C=C/C(=O)NC[C@@]1(O)CCCN(c2ccnc3cccnc23)C1. The second-order valence-electron chi connectivity index (χ2n) is 6.34. The molecule has 0 unspecified atom stereocenters. The Morgan fingerprint density at radius 1 is 1.27 bits per heavy atom. The number of nitrogens with one attached hydrogen (secondary N) is 1. The first-order chi connectivity index (χ1) is 12.5. The first kappa shape index (κ1) is 17.8. The summed E-state index contributed by atoms with van der Waals surface area (Å²) in [6, 6.07) is 5.58. The topological polar surface area (TPSA) is 116 Å². The van der Waals surface area contributed by atoms with Crippen LogP contribution in [0.1, 0.15) is 12.8 Å². The van der Waals surface area contributed by atoms with Crippen molar-refractivity contribution in [1.29, 1.82) is 0 Å². The Bertz CT molecular complexity index is 849. The highest BCUT2D eigenvalue weighted by Gasteiger charge is 2.34. The molecule has 1 atom stereocenters. The molecule has 0 bridgehead atoms. The first-order valence-corrected chi connectivity index (χ1v) is 8.33. The van der Waals surface area contributed by atoms with Crippen molar-refractivity contribution in [3.05, 3.63) is 42.7 Å². The van der Waals surface area contributed by atoms with Crippen molar-refractivity contribution in [3.63, 3.8) is 0 Å². The van der Waals surface area contributed by atoms with Crippen molar-refractivity contribution in [2.45, 2.75) is 18.4 Å². The normalized spacial score (nSPS) is 20.4. The van der Waals surface area contributed by atoms with Crippen LogP contribution in [0.25, 0.3) is 11.0 Å². The number of rotatable bonds is 5. The van der Waals surface area contributed by atoms with Gasteiger partial charge in [0.1, 0.15) is 5.52 Å². The van der Waals surface area contributed by atoms with Gasteiger partial charge >= 0.3 is 5.97 Å².